The Morgan fingerprint density at radius 2 is 1.57 bits per heavy atom. The summed E-state index contributed by atoms with van der Waals surface area (Å²) in [7, 11) is -11.0. The number of nitrogens with zero attached hydrogens (tertiary/aromatic N) is 3. The zero-order valence-corrected chi connectivity index (χ0v) is 41.2. The summed E-state index contributed by atoms with van der Waals surface area (Å²) in [4.78, 5) is 18.9. The predicted octanol–water partition coefficient (Wildman–Crippen LogP) is 9.18. The number of benzene rings is 4. The van der Waals surface area contributed by atoms with Crippen molar-refractivity contribution in [3.8, 4) is 11.5 Å². The van der Waals surface area contributed by atoms with Crippen LogP contribution in [0, 0.1) is 5.92 Å². The minimum absolute atomic E-state index is 0.00530. The van der Waals surface area contributed by atoms with Crippen LogP contribution in [-0.2, 0) is 29.3 Å². The van der Waals surface area contributed by atoms with Crippen molar-refractivity contribution in [2.24, 2.45) is 5.92 Å². The second kappa shape index (κ2) is 22.6. The van der Waals surface area contributed by atoms with Gasteiger partial charge in [-0.05, 0) is 117 Å². The van der Waals surface area contributed by atoms with E-state index < -0.39 is 52.4 Å². The highest BCUT2D eigenvalue weighted by Crippen LogP contribution is 2.40. The van der Waals surface area contributed by atoms with Crippen LogP contribution in [0.25, 0.3) is 5.57 Å². The lowest BCUT2D eigenvalue weighted by molar-refractivity contribution is -0.0436. The van der Waals surface area contributed by atoms with E-state index in [0.717, 1.165) is 49.3 Å². The van der Waals surface area contributed by atoms with E-state index in [1.54, 1.807) is 42.5 Å². The Balaban J connectivity index is 0.991. The number of piperazine rings is 1. The molecule has 376 valence electrons. The second-order valence-electron chi connectivity index (χ2n) is 18.2. The van der Waals surface area contributed by atoms with Gasteiger partial charge < -0.3 is 29.3 Å². The molecule has 0 aromatic heterocycles. The molecule has 4 aliphatic rings. The highest BCUT2D eigenvalue weighted by molar-refractivity contribution is 7.92. The maximum absolute atomic E-state index is 14.0. The number of sulfonamides is 1. The quantitative estimate of drug-likeness (QED) is 0.0917. The summed E-state index contributed by atoms with van der Waals surface area (Å²) >= 11 is 6.32. The highest BCUT2D eigenvalue weighted by atomic mass is 35.5. The van der Waals surface area contributed by atoms with E-state index in [4.69, 9.17) is 25.8 Å². The van der Waals surface area contributed by atoms with Gasteiger partial charge in [0.05, 0.1) is 16.1 Å². The molecule has 70 heavy (non-hydrogen) atoms. The molecule has 8 rings (SSSR count). The number of amides is 1. The van der Waals surface area contributed by atoms with Gasteiger partial charge in [-0.15, -0.1) is 0 Å². The summed E-state index contributed by atoms with van der Waals surface area (Å²) < 4.78 is 116. The lowest BCUT2D eigenvalue weighted by atomic mass is 9.81. The van der Waals surface area contributed by atoms with Crippen LogP contribution >= 0.6 is 11.6 Å². The number of allylic oxidation sites excluding steroid dienone is 2. The molecule has 1 unspecified atom stereocenters. The van der Waals surface area contributed by atoms with E-state index in [9.17, 15) is 34.8 Å². The van der Waals surface area contributed by atoms with Crippen LogP contribution in [0.2, 0.25) is 5.02 Å². The third-order valence-corrected chi connectivity index (χ3v) is 16.4. The summed E-state index contributed by atoms with van der Waals surface area (Å²) in [6.45, 7) is 8.14. The van der Waals surface area contributed by atoms with E-state index in [1.807, 2.05) is 29.0 Å². The Hall–Kier alpha value is -4.95. The summed E-state index contributed by atoms with van der Waals surface area (Å²) in [5, 5.41) is 3.42. The van der Waals surface area contributed by atoms with Gasteiger partial charge in [-0.3, -0.25) is 9.69 Å². The van der Waals surface area contributed by atoms with Crippen molar-refractivity contribution in [2.45, 2.75) is 65.8 Å². The Kier molecular flexibility index (Phi) is 16.6. The molecule has 2 N–H and O–H groups in total. The molecule has 3 saturated heterocycles. The molecular formula is C51H59ClF3N5O8S2. The number of ether oxygens (including phenoxy) is 3. The fourth-order valence-electron chi connectivity index (χ4n) is 9.47. The number of carbonyl (C=O) groups is 1. The van der Waals surface area contributed by atoms with E-state index >= 15 is 0 Å². The summed E-state index contributed by atoms with van der Waals surface area (Å²) in [6, 6.07) is 23.6. The van der Waals surface area contributed by atoms with E-state index in [0.29, 0.717) is 94.3 Å². The van der Waals surface area contributed by atoms with E-state index in [1.165, 1.54) is 25.3 Å². The number of carbonyl (C=O) groups excluding carboxylic acids is 1. The first-order valence-electron chi connectivity index (χ1n) is 23.8. The maximum atomic E-state index is 14.0. The van der Waals surface area contributed by atoms with Crippen LogP contribution in [0.1, 0.15) is 60.9 Å². The SMILES string of the molecule is O=C(NS(=O)(=O)c1ccc(NCC2CCOCC2)c(S(=O)(=O)C(F)(F)F)c1)c1ccc(N2CCN(CC3(OCCCN4CCCCC4)CC=CC=C3c3ccc(Cl)cc3)CC2)cc1Oc1ccccc1. The molecule has 1 amide bonds. The molecule has 4 aromatic carbocycles. The third kappa shape index (κ3) is 12.6. The summed E-state index contributed by atoms with van der Waals surface area (Å²) in [5.74, 6) is -0.763. The molecule has 1 atom stereocenters. The number of hydrogen-bond acceptors (Lipinski definition) is 12. The van der Waals surface area contributed by atoms with Gasteiger partial charge in [-0.2, -0.15) is 13.2 Å². The van der Waals surface area contributed by atoms with Crippen molar-refractivity contribution in [1.82, 2.24) is 14.5 Å². The third-order valence-electron chi connectivity index (χ3n) is 13.3. The smallest absolute Gasteiger partial charge is 0.456 e. The lowest BCUT2D eigenvalue weighted by Gasteiger charge is -2.44. The zero-order chi connectivity index (χ0) is 49.4. The van der Waals surface area contributed by atoms with Gasteiger partial charge >= 0.3 is 5.51 Å². The molecule has 3 aliphatic heterocycles. The number of likely N-dealkylation sites (tertiary alicyclic amines) is 1. The van der Waals surface area contributed by atoms with Crippen LogP contribution in [0.3, 0.4) is 0 Å². The van der Waals surface area contributed by atoms with Crippen molar-refractivity contribution in [3.63, 3.8) is 0 Å². The predicted molar refractivity (Wildman–Crippen MR) is 265 cm³/mol. The first kappa shape index (κ1) is 51.4. The number of nitrogens with one attached hydrogen (secondary N) is 2. The number of sulfone groups is 1. The first-order valence-corrected chi connectivity index (χ1v) is 27.1. The zero-order valence-electron chi connectivity index (χ0n) is 38.8. The van der Waals surface area contributed by atoms with Crippen molar-refractivity contribution in [2.75, 3.05) is 88.9 Å². The number of para-hydroxylation sites is 1. The molecule has 19 heteroatoms. The molecule has 3 heterocycles. The average Bonchev–Trinajstić information content (AvgIpc) is 3.36. The van der Waals surface area contributed by atoms with Crippen LogP contribution in [-0.4, -0.2) is 122 Å². The Labute approximate surface area is 413 Å². The number of anilines is 2. The van der Waals surface area contributed by atoms with Crippen LogP contribution in [0.4, 0.5) is 24.5 Å². The maximum Gasteiger partial charge on any atom is 0.501 e. The topological polar surface area (TPSA) is 147 Å². The van der Waals surface area contributed by atoms with Crippen molar-refractivity contribution < 1.29 is 49.0 Å². The van der Waals surface area contributed by atoms with Crippen LogP contribution in [0.15, 0.2) is 119 Å². The van der Waals surface area contributed by atoms with Gasteiger partial charge in [-0.1, -0.05) is 66.6 Å². The van der Waals surface area contributed by atoms with E-state index in [-0.39, 0.29) is 23.8 Å². The Bertz CT molecular complexity index is 2730. The molecule has 0 bridgehead atoms. The van der Waals surface area contributed by atoms with Crippen LogP contribution in [0.5, 0.6) is 11.5 Å². The second-order valence-corrected chi connectivity index (χ2v) is 22.2. The van der Waals surface area contributed by atoms with Crippen molar-refractivity contribution in [3.05, 3.63) is 125 Å². The van der Waals surface area contributed by atoms with Gasteiger partial charge in [0.15, 0.2) is 0 Å². The number of hydrogen-bond donors (Lipinski definition) is 2. The molecular weight excluding hydrogens is 967 g/mol. The first-order chi connectivity index (χ1) is 33.6. The summed E-state index contributed by atoms with van der Waals surface area (Å²) in [5.41, 5.74) is -4.07. The summed E-state index contributed by atoms with van der Waals surface area (Å²) in [6.07, 6.45) is 13.0. The van der Waals surface area contributed by atoms with Gasteiger partial charge in [0, 0.05) is 88.8 Å². The molecule has 1 aliphatic carbocycles. The minimum Gasteiger partial charge on any atom is -0.456 e. The molecule has 0 spiro atoms. The standard InChI is InChI=1S/C51H59ClF3N5O8S2/c52-40-15-13-39(14-16-40)45-12-5-6-23-50(45,67-31-9-26-58-24-7-2-8-25-58)37-59-27-29-60(30-28-59)41-17-19-44(47(34-41)68-42-10-3-1-4-11-42)49(61)57-70(64,65)43-18-20-46(56-36-38-21-32-66-33-22-38)48(35-43)69(62,63)51(53,54)55/h1,3-6,10-20,34-35,38,56H,2,7-9,21-33,36-37H2,(H,57,61). The number of alkyl halides is 3. The molecule has 0 saturated carbocycles. The molecule has 4 aromatic rings. The Morgan fingerprint density at radius 3 is 2.29 bits per heavy atom. The van der Waals surface area contributed by atoms with Gasteiger partial charge in [0.1, 0.15) is 22.0 Å². The monoisotopic (exact) mass is 1030 g/mol. The van der Waals surface area contributed by atoms with Gasteiger partial charge in [0.2, 0.25) is 0 Å². The number of halogens is 4. The lowest BCUT2D eigenvalue weighted by Crippen LogP contribution is -2.53. The fraction of sp³-hybridized carbons (Fsp3) is 0.431. The minimum atomic E-state index is -6.03. The molecule has 0 radical (unpaired) electrons. The van der Waals surface area contributed by atoms with Gasteiger partial charge in [0.25, 0.3) is 25.8 Å². The largest absolute Gasteiger partial charge is 0.501 e. The molecule has 3 fully saturated rings. The average molecular weight is 1030 g/mol. The van der Waals surface area contributed by atoms with Crippen molar-refractivity contribution >= 4 is 54.3 Å². The normalized spacial score (nSPS) is 19.9. The van der Waals surface area contributed by atoms with E-state index in [2.05, 4.69) is 38.2 Å². The van der Waals surface area contributed by atoms with Gasteiger partial charge in [-0.25, -0.2) is 21.6 Å². The number of rotatable bonds is 18. The Morgan fingerprint density at radius 1 is 0.843 bits per heavy atom. The fourth-order valence-corrected chi connectivity index (χ4v) is 11.6. The number of piperidine rings is 1. The highest BCUT2D eigenvalue weighted by Gasteiger charge is 2.48. The van der Waals surface area contributed by atoms with Crippen LogP contribution < -0.4 is 19.7 Å². The van der Waals surface area contributed by atoms with Crippen molar-refractivity contribution in [1.29, 1.82) is 0 Å². The molecule has 13 nitrogen and oxygen atoms in total.